The summed E-state index contributed by atoms with van der Waals surface area (Å²) in [5.74, 6) is -1.30. The minimum absolute atomic E-state index is 0.00502. The molecule has 0 unspecified atom stereocenters. The Hall–Kier alpha value is -2.22. The molecule has 2 aliphatic rings. The van der Waals surface area contributed by atoms with Crippen LogP contribution in [0.4, 0.5) is 8.78 Å². The third-order valence-corrected chi connectivity index (χ3v) is 5.76. The number of aliphatic hydroxyl groups excluding tert-OH is 1. The molecule has 1 aliphatic carbocycles. The molecule has 2 fully saturated rings. The Kier molecular flexibility index (Phi) is 4.99. The summed E-state index contributed by atoms with van der Waals surface area (Å²) in [6.45, 7) is 1.39. The highest BCUT2D eigenvalue weighted by atomic mass is 19.1. The topological polar surface area (TPSA) is 73.2 Å². The highest BCUT2D eigenvalue weighted by molar-refractivity contribution is 5.28. The second kappa shape index (κ2) is 7.31. The van der Waals surface area contributed by atoms with Crippen LogP contribution < -0.4 is 4.74 Å². The molecule has 0 bridgehead atoms. The summed E-state index contributed by atoms with van der Waals surface area (Å²) in [6.07, 6.45) is -0.123. The van der Waals surface area contributed by atoms with E-state index in [4.69, 9.17) is 4.74 Å². The summed E-state index contributed by atoms with van der Waals surface area (Å²) < 4.78 is 32.5. The van der Waals surface area contributed by atoms with Crippen molar-refractivity contribution in [3.8, 4) is 11.5 Å². The number of ether oxygens (including phenoxy) is 1. The molecule has 1 aliphatic heterocycles. The average molecular weight is 391 g/mol. The molecule has 4 atom stereocenters. The largest absolute Gasteiger partial charge is 0.508 e. The van der Waals surface area contributed by atoms with Crippen molar-refractivity contribution in [2.24, 2.45) is 5.92 Å². The molecule has 0 radical (unpaired) electrons. The number of rotatable bonds is 5. The lowest BCUT2D eigenvalue weighted by atomic mass is 9.95. The fourth-order valence-corrected chi connectivity index (χ4v) is 4.41. The Morgan fingerprint density at radius 3 is 2.61 bits per heavy atom. The van der Waals surface area contributed by atoms with Crippen LogP contribution in [0, 0.1) is 17.6 Å². The first kappa shape index (κ1) is 19.1. The van der Waals surface area contributed by atoms with E-state index in [2.05, 4.69) is 0 Å². The van der Waals surface area contributed by atoms with E-state index in [0.29, 0.717) is 38.0 Å². The number of likely N-dealkylation sites (tertiary alicyclic amines) is 1. The normalized spacial score (nSPS) is 28.3. The summed E-state index contributed by atoms with van der Waals surface area (Å²) in [4.78, 5) is 2.01. The van der Waals surface area contributed by atoms with Gasteiger partial charge in [0.2, 0.25) is 0 Å². The summed E-state index contributed by atoms with van der Waals surface area (Å²) in [5.41, 5.74) is -0.245. The Labute approximate surface area is 161 Å². The Bertz CT molecular complexity index is 847. The number of hydrogen-bond acceptors (Lipinski definition) is 5. The molecule has 0 aromatic heterocycles. The summed E-state index contributed by atoms with van der Waals surface area (Å²) in [7, 11) is 0. The van der Waals surface area contributed by atoms with Gasteiger partial charge in [-0.15, -0.1) is 0 Å². The van der Waals surface area contributed by atoms with Gasteiger partial charge in [0.05, 0.1) is 11.7 Å². The van der Waals surface area contributed by atoms with E-state index in [9.17, 15) is 24.1 Å². The molecule has 2 aromatic rings. The van der Waals surface area contributed by atoms with Gasteiger partial charge in [-0.3, -0.25) is 4.90 Å². The number of aliphatic hydroxyl groups is 2. The zero-order valence-corrected chi connectivity index (χ0v) is 15.3. The van der Waals surface area contributed by atoms with Gasteiger partial charge in [-0.05, 0) is 36.2 Å². The van der Waals surface area contributed by atoms with Crippen LogP contribution in [-0.2, 0) is 0 Å². The van der Waals surface area contributed by atoms with Crippen molar-refractivity contribution in [2.45, 2.75) is 30.7 Å². The molecule has 4 rings (SSSR count). The van der Waals surface area contributed by atoms with Crippen LogP contribution in [-0.4, -0.2) is 51.6 Å². The minimum Gasteiger partial charge on any atom is -0.508 e. The van der Waals surface area contributed by atoms with Gasteiger partial charge < -0.3 is 20.1 Å². The van der Waals surface area contributed by atoms with Crippen molar-refractivity contribution in [1.82, 2.24) is 4.90 Å². The molecule has 3 N–H and O–H groups in total. The lowest BCUT2D eigenvalue weighted by Gasteiger charge is -2.25. The van der Waals surface area contributed by atoms with Gasteiger partial charge in [-0.2, -0.15) is 0 Å². The first-order valence-electron chi connectivity index (χ1n) is 9.36. The Morgan fingerprint density at radius 1 is 1.18 bits per heavy atom. The molecule has 7 heteroatoms. The van der Waals surface area contributed by atoms with Gasteiger partial charge in [0.25, 0.3) is 0 Å². The predicted octanol–water partition coefficient (Wildman–Crippen LogP) is 2.61. The van der Waals surface area contributed by atoms with E-state index in [0.717, 1.165) is 12.1 Å². The number of halogens is 2. The molecule has 1 heterocycles. The Balaban J connectivity index is 1.35. The van der Waals surface area contributed by atoms with Crippen LogP contribution in [0.5, 0.6) is 11.5 Å². The molecule has 1 saturated heterocycles. The molecule has 5 nitrogen and oxygen atoms in total. The first-order valence-corrected chi connectivity index (χ1v) is 9.36. The van der Waals surface area contributed by atoms with Crippen LogP contribution in [0.15, 0.2) is 42.5 Å². The number of hydrogen-bond donors (Lipinski definition) is 3. The molecule has 1 saturated carbocycles. The number of fused-ring (bicyclic) bond motifs is 1. The van der Waals surface area contributed by atoms with E-state index >= 15 is 0 Å². The first-order chi connectivity index (χ1) is 13.3. The molecule has 0 spiro atoms. The summed E-state index contributed by atoms with van der Waals surface area (Å²) >= 11 is 0. The fourth-order valence-electron chi connectivity index (χ4n) is 4.41. The minimum atomic E-state index is -0.949. The molecular formula is C21H23F2NO4. The number of nitrogens with zero attached hydrogens (tertiary/aromatic N) is 1. The third kappa shape index (κ3) is 3.83. The molecule has 2 aromatic carbocycles. The lowest BCUT2D eigenvalue weighted by Crippen LogP contribution is -2.36. The lowest BCUT2D eigenvalue weighted by molar-refractivity contribution is 0.0175. The van der Waals surface area contributed by atoms with E-state index in [-0.39, 0.29) is 23.5 Å². The highest BCUT2D eigenvalue weighted by Gasteiger charge is 2.52. The zero-order chi connectivity index (χ0) is 19.9. The average Bonchev–Trinajstić information content (AvgIpc) is 3.08. The van der Waals surface area contributed by atoms with E-state index in [1.54, 1.807) is 12.1 Å². The van der Waals surface area contributed by atoms with Gasteiger partial charge >= 0.3 is 0 Å². The van der Waals surface area contributed by atoms with Crippen LogP contribution in [0.2, 0.25) is 0 Å². The van der Waals surface area contributed by atoms with Crippen LogP contribution in [0.25, 0.3) is 0 Å². The smallest absolute Gasteiger partial charge is 0.167 e. The standard InChI is InChI=1S/C21H23F2NO4/c22-15-3-6-20(18(23)8-15)28-17-7-14-10-24(12-21(14,27)9-17)11-19(26)13-1-4-16(25)5-2-13/h1-6,8,14,17,19,25-27H,7,9-12H2/t14-,17+,19-,21-/m0/s1. The maximum Gasteiger partial charge on any atom is 0.167 e. The van der Waals surface area contributed by atoms with Crippen LogP contribution >= 0.6 is 0 Å². The number of benzene rings is 2. The monoisotopic (exact) mass is 391 g/mol. The van der Waals surface area contributed by atoms with Crippen molar-refractivity contribution < 1.29 is 28.8 Å². The second-order valence-electron chi connectivity index (χ2n) is 7.86. The number of phenolic OH excluding ortho intramolecular Hbond substituents is 1. The van der Waals surface area contributed by atoms with Gasteiger partial charge in [0.1, 0.15) is 17.7 Å². The van der Waals surface area contributed by atoms with Crippen molar-refractivity contribution in [1.29, 1.82) is 0 Å². The predicted molar refractivity (Wildman–Crippen MR) is 98.0 cm³/mol. The van der Waals surface area contributed by atoms with E-state index in [1.165, 1.54) is 18.2 Å². The zero-order valence-electron chi connectivity index (χ0n) is 15.3. The molecular weight excluding hydrogens is 368 g/mol. The Morgan fingerprint density at radius 2 is 1.93 bits per heavy atom. The van der Waals surface area contributed by atoms with Crippen LogP contribution in [0.3, 0.4) is 0 Å². The van der Waals surface area contributed by atoms with E-state index < -0.39 is 23.3 Å². The maximum atomic E-state index is 13.8. The second-order valence-corrected chi connectivity index (χ2v) is 7.86. The van der Waals surface area contributed by atoms with Crippen molar-refractivity contribution in [3.05, 3.63) is 59.7 Å². The van der Waals surface area contributed by atoms with Gasteiger partial charge in [-0.1, -0.05) is 12.1 Å². The van der Waals surface area contributed by atoms with Crippen molar-refractivity contribution in [2.75, 3.05) is 19.6 Å². The SMILES string of the molecule is Oc1ccc([C@@H](O)CN2C[C@@H]3C[C@@H](Oc4ccc(F)cc4F)C[C@]3(O)C2)cc1. The number of β-amino-alcohol motifs (C(OH)–C–C–N with tert-alkyl or cyclic N) is 2. The maximum absolute atomic E-state index is 13.8. The molecule has 150 valence electrons. The van der Waals surface area contributed by atoms with Crippen LogP contribution in [0.1, 0.15) is 24.5 Å². The number of aromatic hydroxyl groups is 1. The fraction of sp³-hybridized carbons (Fsp3) is 0.429. The van der Waals surface area contributed by atoms with E-state index in [1.807, 2.05) is 4.90 Å². The summed E-state index contributed by atoms with van der Waals surface area (Å²) in [5, 5.41) is 30.8. The van der Waals surface area contributed by atoms with Gasteiger partial charge in [0.15, 0.2) is 11.6 Å². The quantitative estimate of drug-likeness (QED) is 0.731. The van der Waals surface area contributed by atoms with Gasteiger partial charge in [0, 0.05) is 38.0 Å². The number of phenols is 1. The van der Waals surface area contributed by atoms with Crippen molar-refractivity contribution >= 4 is 0 Å². The molecule has 28 heavy (non-hydrogen) atoms. The summed E-state index contributed by atoms with van der Waals surface area (Å²) in [6, 6.07) is 9.60. The molecule has 0 amide bonds. The highest BCUT2D eigenvalue weighted by Crippen LogP contribution is 2.43. The third-order valence-electron chi connectivity index (χ3n) is 5.76. The van der Waals surface area contributed by atoms with Crippen molar-refractivity contribution in [3.63, 3.8) is 0 Å². The van der Waals surface area contributed by atoms with Gasteiger partial charge in [-0.25, -0.2) is 8.78 Å².